The largest absolute Gasteiger partial charge is 0.486 e. The maximum Gasteiger partial charge on any atom is 0.260 e. The number of nitrogens with one attached hydrogen (secondary N) is 1. The summed E-state index contributed by atoms with van der Waals surface area (Å²) in [6, 6.07) is 15.4. The first-order valence-electron chi connectivity index (χ1n) is 9.46. The Kier molecular flexibility index (Phi) is 4.68. The van der Waals surface area contributed by atoms with Crippen LogP contribution in [0.25, 0.3) is 16.9 Å². The first-order chi connectivity index (χ1) is 14.7. The van der Waals surface area contributed by atoms with E-state index in [1.807, 2.05) is 60.8 Å². The fraction of sp³-hybridized carbons (Fsp3) is 0.136. The van der Waals surface area contributed by atoms with Gasteiger partial charge in [0.2, 0.25) is 0 Å². The molecule has 0 radical (unpaired) electrons. The van der Waals surface area contributed by atoms with E-state index in [1.165, 1.54) is 11.3 Å². The van der Waals surface area contributed by atoms with Gasteiger partial charge in [0.05, 0.1) is 28.8 Å². The Bertz CT molecular complexity index is 1220. The third-order valence-corrected chi connectivity index (χ3v) is 5.58. The maximum absolute atomic E-state index is 12.8. The highest BCUT2D eigenvalue weighted by atomic mass is 32.1. The van der Waals surface area contributed by atoms with Gasteiger partial charge in [-0.1, -0.05) is 18.2 Å². The van der Waals surface area contributed by atoms with Crippen molar-refractivity contribution in [3.05, 3.63) is 71.4 Å². The smallest absolute Gasteiger partial charge is 0.260 e. The van der Waals surface area contributed by atoms with Gasteiger partial charge in [0.1, 0.15) is 13.2 Å². The fourth-order valence-corrected chi connectivity index (χ4v) is 4.01. The molecule has 7 nitrogen and oxygen atoms in total. The Morgan fingerprint density at radius 3 is 2.73 bits per heavy atom. The predicted molar refractivity (Wildman–Crippen MR) is 115 cm³/mol. The molecule has 3 heterocycles. The van der Waals surface area contributed by atoms with E-state index in [9.17, 15) is 4.79 Å². The number of ether oxygens (including phenoxy) is 2. The van der Waals surface area contributed by atoms with E-state index in [4.69, 9.17) is 9.47 Å². The molecule has 5 rings (SSSR count). The molecular formula is C22H18N4O3S. The van der Waals surface area contributed by atoms with Crippen LogP contribution in [0.5, 0.6) is 11.5 Å². The van der Waals surface area contributed by atoms with Crippen LogP contribution < -0.4 is 14.8 Å². The van der Waals surface area contributed by atoms with Gasteiger partial charge in [0.15, 0.2) is 16.6 Å². The van der Waals surface area contributed by atoms with Crippen molar-refractivity contribution in [1.29, 1.82) is 0 Å². The van der Waals surface area contributed by atoms with E-state index < -0.39 is 0 Å². The minimum atomic E-state index is -0.238. The summed E-state index contributed by atoms with van der Waals surface area (Å²) in [4.78, 5) is 17.3. The maximum atomic E-state index is 12.8. The number of anilines is 1. The van der Waals surface area contributed by atoms with Crippen molar-refractivity contribution in [2.75, 3.05) is 18.5 Å². The lowest BCUT2D eigenvalue weighted by Crippen LogP contribution is -2.15. The molecule has 2 aromatic heterocycles. The van der Waals surface area contributed by atoms with Gasteiger partial charge in [-0.15, -0.1) is 11.3 Å². The average molecular weight is 418 g/mol. The standard InChI is InChI=1S/C22H18N4O3S/c1-14-17(12-23-26(14)16-5-3-2-4-6-16)21(27)25-22-24-18(13-30-22)15-7-8-19-20(11-15)29-10-9-28-19/h2-8,11-13H,9-10H2,1H3,(H,24,25,27). The third-order valence-electron chi connectivity index (χ3n) is 4.82. The summed E-state index contributed by atoms with van der Waals surface area (Å²) in [6.45, 7) is 2.96. The number of fused-ring (bicyclic) bond motifs is 1. The zero-order valence-electron chi connectivity index (χ0n) is 16.2. The van der Waals surface area contributed by atoms with Crippen molar-refractivity contribution in [2.24, 2.45) is 0 Å². The topological polar surface area (TPSA) is 78.3 Å². The summed E-state index contributed by atoms with van der Waals surface area (Å²) in [6.07, 6.45) is 1.58. The van der Waals surface area contributed by atoms with Crippen molar-refractivity contribution < 1.29 is 14.3 Å². The van der Waals surface area contributed by atoms with E-state index >= 15 is 0 Å². The Labute approximate surface area is 176 Å². The van der Waals surface area contributed by atoms with Crippen LogP contribution in [0.2, 0.25) is 0 Å². The summed E-state index contributed by atoms with van der Waals surface area (Å²) in [5.41, 5.74) is 3.86. The number of aromatic nitrogens is 3. The summed E-state index contributed by atoms with van der Waals surface area (Å²) in [5, 5.41) is 9.66. The molecule has 150 valence electrons. The van der Waals surface area contributed by atoms with Gasteiger partial charge in [-0.25, -0.2) is 9.67 Å². The highest BCUT2D eigenvalue weighted by molar-refractivity contribution is 7.14. The van der Waals surface area contributed by atoms with Crippen molar-refractivity contribution >= 4 is 22.4 Å². The monoisotopic (exact) mass is 418 g/mol. The van der Waals surface area contributed by atoms with Gasteiger partial charge in [0.25, 0.3) is 5.91 Å². The Hall–Kier alpha value is -3.65. The lowest BCUT2D eigenvalue weighted by molar-refractivity contribution is 0.102. The molecule has 0 fully saturated rings. The van der Waals surface area contributed by atoms with Gasteiger partial charge in [-0.3, -0.25) is 10.1 Å². The Morgan fingerprint density at radius 2 is 1.90 bits per heavy atom. The van der Waals surface area contributed by atoms with Crippen LogP contribution in [0, 0.1) is 6.92 Å². The van der Waals surface area contributed by atoms with E-state index in [2.05, 4.69) is 15.4 Å². The molecular weight excluding hydrogens is 400 g/mol. The predicted octanol–water partition coefficient (Wildman–Crippen LogP) is 4.33. The number of carbonyl (C=O) groups is 1. The second kappa shape index (κ2) is 7.64. The van der Waals surface area contributed by atoms with E-state index in [0.29, 0.717) is 29.7 Å². The molecule has 0 bridgehead atoms. The van der Waals surface area contributed by atoms with Gasteiger partial charge >= 0.3 is 0 Å². The molecule has 1 aliphatic rings. The quantitative estimate of drug-likeness (QED) is 0.534. The molecule has 1 N–H and O–H groups in total. The number of hydrogen-bond donors (Lipinski definition) is 1. The highest BCUT2D eigenvalue weighted by Gasteiger charge is 2.18. The molecule has 8 heteroatoms. The van der Waals surface area contributed by atoms with Crippen LogP contribution in [-0.2, 0) is 0 Å². The normalized spacial score (nSPS) is 12.6. The molecule has 30 heavy (non-hydrogen) atoms. The molecule has 4 aromatic rings. The summed E-state index contributed by atoms with van der Waals surface area (Å²) >= 11 is 1.37. The zero-order chi connectivity index (χ0) is 20.5. The Morgan fingerprint density at radius 1 is 1.10 bits per heavy atom. The number of hydrogen-bond acceptors (Lipinski definition) is 6. The van der Waals surface area contributed by atoms with Gasteiger partial charge in [0, 0.05) is 10.9 Å². The van der Waals surface area contributed by atoms with Crippen molar-refractivity contribution in [1.82, 2.24) is 14.8 Å². The van der Waals surface area contributed by atoms with Crippen LogP contribution in [0.3, 0.4) is 0 Å². The zero-order valence-corrected chi connectivity index (χ0v) is 17.0. The highest BCUT2D eigenvalue weighted by Crippen LogP contribution is 2.35. The molecule has 0 saturated heterocycles. The number of amides is 1. The SMILES string of the molecule is Cc1c(C(=O)Nc2nc(-c3ccc4c(c3)OCCO4)cs2)cnn1-c1ccccc1. The summed E-state index contributed by atoms with van der Waals surface area (Å²) in [5.74, 6) is 1.21. The molecule has 1 aliphatic heterocycles. The number of thiazole rings is 1. The summed E-state index contributed by atoms with van der Waals surface area (Å²) < 4.78 is 12.9. The molecule has 0 spiro atoms. The van der Waals surface area contributed by atoms with Crippen LogP contribution in [0.4, 0.5) is 5.13 Å². The molecule has 1 amide bonds. The Balaban J connectivity index is 1.35. The number of benzene rings is 2. The van der Waals surface area contributed by atoms with Crippen molar-refractivity contribution in [3.8, 4) is 28.4 Å². The van der Waals surface area contributed by atoms with Gasteiger partial charge in [-0.2, -0.15) is 5.10 Å². The van der Waals surface area contributed by atoms with Gasteiger partial charge in [-0.05, 0) is 37.3 Å². The molecule has 0 saturated carbocycles. The second-order valence-corrected chi connectivity index (χ2v) is 7.60. The lowest BCUT2D eigenvalue weighted by Gasteiger charge is -2.18. The molecule has 0 atom stereocenters. The summed E-state index contributed by atoms with van der Waals surface area (Å²) in [7, 11) is 0. The van der Waals surface area contributed by atoms with Gasteiger partial charge < -0.3 is 9.47 Å². The second-order valence-electron chi connectivity index (χ2n) is 6.74. The molecule has 0 aliphatic carbocycles. The molecule has 2 aromatic carbocycles. The average Bonchev–Trinajstić information content (AvgIpc) is 3.40. The number of nitrogens with zero attached hydrogens (tertiary/aromatic N) is 3. The first-order valence-corrected chi connectivity index (χ1v) is 10.3. The third kappa shape index (κ3) is 3.42. The minimum absolute atomic E-state index is 0.238. The van der Waals surface area contributed by atoms with Crippen LogP contribution in [-0.4, -0.2) is 33.9 Å². The fourth-order valence-electron chi connectivity index (χ4n) is 3.29. The van der Waals surface area contributed by atoms with Crippen LogP contribution in [0.15, 0.2) is 60.1 Å². The number of para-hydroxylation sites is 1. The van der Waals surface area contributed by atoms with Crippen molar-refractivity contribution in [2.45, 2.75) is 6.92 Å². The van der Waals surface area contributed by atoms with E-state index in [1.54, 1.807) is 10.9 Å². The lowest BCUT2D eigenvalue weighted by atomic mass is 10.1. The molecule has 0 unspecified atom stereocenters. The van der Waals surface area contributed by atoms with Crippen molar-refractivity contribution in [3.63, 3.8) is 0 Å². The van der Waals surface area contributed by atoms with E-state index in [0.717, 1.165) is 28.4 Å². The first kappa shape index (κ1) is 18.4. The van der Waals surface area contributed by atoms with E-state index in [-0.39, 0.29) is 5.91 Å². The van der Waals surface area contributed by atoms with Crippen LogP contribution in [0.1, 0.15) is 16.1 Å². The van der Waals surface area contributed by atoms with Crippen LogP contribution >= 0.6 is 11.3 Å². The number of rotatable bonds is 4. The number of carbonyl (C=O) groups excluding carboxylic acids is 1. The minimum Gasteiger partial charge on any atom is -0.486 e.